The topological polar surface area (TPSA) is 73.9 Å². The molecule has 0 spiro atoms. The molecular formula is C14H17N5O. The number of imidazole rings is 1. The zero-order chi connectivity index (χ0) is 13.5. The van der Waals surface area contributed by atoms with E-state index in [2.05, 4.69) is 25.2 Å². The number of amides is 1. The Morgan fingerprint density at radius 1 is 1.40 bits per heavy atom. The van der Waals surface area contributed by atoms with Gasteiger partial charge in [0.1, 0.15) is 0 Å². The van der Waals surface area contributed by atoms with Gasteiger partial charge in [0.2, 0.25) is 0 Å². The van der Waals surface area contributed by atoms with Gasteiger partial charge < -0.3 is 15.2 Å². The number of nitrogens with zero attached hydrogens (tertiary/aromatic N) is 3. The van der Waals surface area contributed by atoms with E-state index in [0.29, 0.717) is 17.4 Å². The molecule has 5 rings (SSSR count). The maximum atomic E-state index is 12.3. The molecule has 0 aromatic carbocycles. The first-order valence-corrected chi connectivity index (χ1v) is 7.13. The highest BCUT2D eigenvalue weighted by atomic mass is 16.2. The summed E-state index contributed by atoms with van der Waals surface area (Å²) in [5, 5.41) is 3.13. The molecule has 0 saturated carbocycles. The molecule has 20 heavy (non-hydrogen) atoms. The van der Waals surface area contributed by atoms with Crippen molar-refractivity contribution in [2.45, 2.75) is 18.9 Å². The monoisotopic (exact) mass is 271 g/mol. The van der Waals surface area contributed by atoms with Gasteiger partial charge in [-0.2, -0.15) is 0 Å². The van der Waals surface area contributed by atoms with E-state index in [0.717, 1.165) is 12.1 Å². The number of carbonyl (C=O) groups excluding carboxylic acids is 1. The third-order valence-corrected chi connectivity index (χ3v) is 4.45. The molecule has 3 fully saturated rings. The van der Waals surface area contributed by atoms with Gasteiger partial charge in [0.15, 0.2) is 11.5 Å². The van der Waals surface area contributed by atoms with Crippen LogP contribution in [0.25, 0.3) is 11.2 Å². The van der Waals surface area contributed by atoms with Gasteiger partial charge in [0, 0.05) is 18.8 Å². The van der Waals surface area contributed by atoms with Crippen molar-refractivity contribution in [3.8, 4) is 0 Å². The first-order valence-electron chi connectivity index (χ1n) is 7.13. The Bertz CT molecular complexity index is 611. The van der Waals surface area contributed by atoms with Crippen molar-refractivity contribution in [1.29, 1.82) is 0 Å². The minimum Gasteiger partial charge on any atom is -0.345 e. The van der Waals surface area contributed by atoms with Crippen molar-refractivity contribution in [3.05, 3.63) is 24.2 Å². The number of pyridine rings is 1. The van der Waals surface area contributed by atoms with Crippen LogP contribution >= 0.6 is 0 Å². The molecule has 2 bridgehead atoms. The molecule has 1 atom stereocenters. The molecule has 104 valence electrons. The standard InChI is InChI=1S/C14H17N5O/c20-14(13-16-10-2-1-5-15-12(10)18-13)17-11-8-19-6-3-9(11)4-7-19/h1-2,5,9,11H,3-4,6-8H2,(H,17,20)(H,15,16,18). The normalized spacial score (nSPS) is 28.7. The van der Waals surface area contributed by atoms with Crippen molar-refractivity contribution in [3.63, 3.8) is 0 Å². The van der Waals surface area contributed by atoms with Gasteiger partial charge in [-0.15, -0.1) is 0 Å². The fourth-order valence-corrected chi connectivity index (χ4v) is 3.32. The first-order chi connectivity index (χ1) is 9.79. The summed E-state index contributed by atoms with van der Waals surface area (Å²) < 4.78 is 0. The lowest BCUT2D eigenvalue weighted by Crippen LogP contribution is -2.57. The zero-order valence-corrected chi connectivity index (χ0v) is 11.2. The van der Waals surface area contributed by atoms with Gasteiger partial charge in [-0.05, 0) is 44.0 Å². The summed E-state index contributed by atoms with van der Waals surface area (Å²) in [6.07, 6.45) is 4.05. The number of piperidine rings is 3. The Balaban J connectivity index is 1.52. The molecule has 3 aliphatic rings. The Hall–Kier alpha value is -1.95. The molecule has 3 aliphatic heterocycles. The summed E-state index contributed by atoms with van der Waals surface area (Å²) in [4.78, 5) is 26.1. The fraction of sp³-hybridized carbons (Fsp3) is 0.500. The lowest BCUT2D eigenvalue weighted by atomic mass is 9.84. The highest BCUT2D eigenvalue weighted by Crippen LogP contribution is 2.27. The summed E-state index contributed by atoms with van der Waals surface area (Å²) in [6.45, 7) is 3.31. The van der Waals surface area contributed by atoms with Crippen molar-refractivity contribution >= 4 is 17.1 Å². The fourth-order valence-electron chi connectivity index (χ4n) is 3.32. The third kappa shape index (κ3) is 1.96. The number of aromatic nitrogens is 3. The summed E-state index contributed by atoms with van der Waals surface area (Å²) in [7, 11) is 0. The number of aromatic amines is 1. The van der Waals surface area contributed by atoms with E-state index in [9.17, 15) is 4.79 Å². The van der Waals surface area contributed by atoms with Crippen LogP contribution in [0.1, 0.15) is 23.5 Å². The predicted octanol–water partition coefficient (Wildman–Crippen LogP) is 0.782. The predicted molar refractivity (Wildman–Crippen MR) is 74.3 cm³/mol. The Kier molecular flexibility index (Phi) is 2.70. The molecule has 0 aliphatic carbocycles. The van der Waals surface area contributed by atoms with Crippen LogP contribution in [-0.2, 0) is 0 Å². The van der Waals surface area contributed by atoms with Crippen molar-refractivity contribution in [2.24, 2.45) is 5.92 Å². The van der Waals surface area contributed by atoms with Crippen LogP contribution in [0.5, 0.6) is 0 Å². The molecule has 6 heteroatoms. The van der Waals surface area contributed by atoms with Gasteiger partial charge in [-0.1, -0.05) is 0 Å². The van der Waals surface area contributed by atoms with Gasteiger partial charge in [0.05, 0.1) is 5.52 Å². The number of H-pyrrole nitrogens is 1. The van der Waals surface area contributed by atoms with Crippen molar-refractivity contribution in [1.82, 2.24) is 25.2 Å². The van der Waals surface area contributed by atoms with Gasteiger partial charge in [0.25, 0.3) is 5.91 Å². The second kappa shape index (κ2) is 4.56. The van der Waals surface area contributed by atoms with Crippen LogP contribution in [0.2, 0.25) is 0 Å². The van der Waals surface area contributed by atoms with Gasteiger partial charge >= 0.3 is 0 Å². The van der Waals surface area contributed by atoms with E-state index in [4.69, 9.17) is 0 Å². The number of nitrogens with one attached hydrogen (secondary N) is 2. The number of carbonyl (C=O) groups is 1. The lowest BCUT2D eigenvalue weighted by molar-refractivity contribution is 0.0615. The summed E-state index contributed by atoms with van der Waals surface area (Å²) in [5.74, 6) is 0.850. The highest BCUT2D eigenvalue weighted by Gasteiger charge is 2.35. The van der Waals surface area contributed by atoms with Crippen LogP contribution in [0.15, 0.2) is 18.3 Å². The van der Waals surface area contributed by atoms with Crippen molar-refractivity contribution in [2.75, 3.05) is 19.6 Å². The van der Waals surface area contributed by atoms with Gasteiger partial charge in [-0.3, -0.25) is 4.79 Å². The quantitative estimate of drug-likeness (QED) is 0.846. The average Bonchev–Trinajstić information content (AvgIpc) is 2.92. The van der Waals surface area contributed by atoms with Crippen LogP contribution in [0.3, 0.4) is 0 Å². The SMILES string of the molecule is O=C(NC1CN2CCC1CC2)c1nc2ncccc2[nH]1. The van der Waals surface area contributed by atoms with Crippen LogP contribution in [0, 0.1) is 5.92 Å². The lowest BCUT2D eigenvalue weighted by Gasteiger charge is -2.44. The molecule has 0 radical (unpaired) electrons. The summed E-state index contributed by atoms with van der Waals surface area (Å²) >= 11 is 0. The van der Waals surface area contributed by atoms with E-state index < -0.39 is 0 Å². The highest BCUT2D eigenvalue weighted by molar-refractivity contribution is 5.93. The third-order valence-electron chi connectivity index (χ3n) is 4.45. The van der Waals surface area contributed by atoms with Crippen LogP contribution < -0.4 is 5.32 Å². The second-order valence-corrected chi connectivity index (χ2v) is 5.68. The first kappa shape index (κ1) is 11.8. The van der Waals surface area contributed by atoms with E-state index in [1.165, 1.54) is 25.9 Å². The van der Waals surface area contributed by atoms with E-state index >= 15 is 0 Å². The maximum absolute atomic E-state index is 12.3. The number of hydrogen-bond donors (Lipinski definition) is 2. The molecule has 3 saturated heterocycles. The smallest absolute Gasteiger partial charge is 0.287 e. The van der Waals surface area contributed by atoms with Crippen LogP contribution in [-0.4, -0.2) is 51.4 Å². The summed E-state index contributed by atoms with van der Waals surface area (Å²) in [5.41, 5.74) is 1.39. The molecule has 2 N–H and O–H groups in total. The summed E-state index contributed by atoms with van der Waals surface area (Å²) in [6, 6.07) is 3.96. The van der Waals surface area contributed by atoms with E-state index in [-0.39, 0.29) is 11.9 Å². The zero-order valence-electron chi connectivity index (χ0n) is 11.2. The minimum absolute atomic E-state index is 0.123. The maximum Gasteiger partial charge on any atom is 0.287 e. The second-order valence-electron chi connectivity index (χ2n) is 5.68. The Morgan fingerprint density at radius 2 is 2.25 bits per heavy atom. The van der Waals surface area contributed by atoms with Gasteiger partial charge in [-0.25, -0.2) is 9.97 Å². The molecular weight excluding hydrogens is 254 g/mol. The largest absolute Gasteiger partial charge is 0.345 e. The number of hydrogen-bond acceptors (Lipinski definition) is 4. The molecule has 2 aromatic rings. The van der Waals surface area contributed by atoms with E-state index in [1.54, 1.807) is 6.20 Å². The van der Waals surface area contributed by atoms with Crippen molar-refractivity contribution < 1.29 is 4.79 Å². The number of rotatable bonds is 2. The Labute approximate surface area is 116 Å². The molecule has 2 aromatic heterocycles. The molecule has 1 amide bonds. The molecule has 6 nitrogen and oxygen atoms in total. The van der Waals surface area contributed by atoms with Crippen LogP contribution in [0.4, 0.5) is 0 Å². The average molecular weight is 271 g/mol. The van der Waals surface area contributed by atoms with E-state index in [1.807, 2.05) is 12.1 Å². The minimum atomic E-state index is -0.123. The molecule has 5 heterocycles. The molecule has 1 unspecified atom stereocenters. The Morgan fingerprint density at radius 3 is 2.95 bits per heavy atom. The number of fused-ring (bicyclic) bond motifs is 4.